The van der Waals surface area contributed by atoms with Crippen LogP contribution in [-0.2, 0) is 0 Å². The number of hydrogen-bond donors (Lipinski definition) is 2. The van der Waals surface area contributed by atoms with E-state index in [9.17, 15) is 0 Å². The molecule has 2 aromatic heterocycles. The van der Waals surface area contributed by atoms with Crippen LogP contribution in [0.1, 0.15) is 18.2 Å². The molecule has 3 rings (SSSR count). The summed E-state index contributed by atoms with van der Waals surface area (Å²) >= 11 is 0. The van der Waals surface area contributed by atoms with E-state index in [1.807, 2.05) is 29.8 Å². The summed E-state index contributed by atoms with van der Waals surface area (Å²) in [6, 6.07) is 6.07. The number of hydrogen-bond acceptors (Lipinski definition) is 5. The number of nitrogens with two attached hydrogens (primary N) is 1. The molecular weight excluding hydrogens is 228 g/mol. The van der Waals surface area contributed by atoms with Gasteiger partial charge in [0.25, 0.3) is 0 Å². The van der Waals surface area contributed by atoms with E-state index < -0.39 is 0 Å². The first-order valence-corrected chi connectivity index (χ1v) is 6.12. The standard InChI is InChI=1S/C12H16N6/c1-8-3-2-4-10(15-8)11-16-12-14-6-5-9(7-13)18(12)17-11/h2-4,9H,5-7,13H2,1H3,(H,14,16,17). The molecule has 0 spiro atoms. The van der Waals surface area contributed by atoms with Crippen molar-refractivity contribution in [1.82, 2.24) is 19.7 Å². The lowest BCUT2D eigenvalue weighted by molar-refractivity contribution is 0.427. The van der Waals surface area contributed by atoms with E-state index in [1.165, 1.54) is 0 Å². The number of aromatic nitrogens is 4. The van der Waals surface area contributed by atoms with Crippen molar-refractivity contribution in [1.29, 1.82) is 0 Å². The van der Waals surface area contributed by atoms with Crippen molar-refractivity contribution in [2.75, 3.05) is 18.4 Å². The van der Waals surface area contributed by atoms with E-state index in [1.54, 1.807) is 0 Å². The van der Waals surface area contributed by atoms with Gasteiger partial charge in [-0.05, 0) is 25.5 Å². The Kier molecular flexibility index (Phi) is 2.71. The summed E-state index contributed by atoms with van der Waals surface area (Å²) in [7, 11) is 0. The van der Waals surface area contributed by atoms with Crippen molar-refractivity contribution < 1.29 is 0 Å². The Morgan fingerprint density at radius 2 is 2.33 bits per heavy atom. The number of pyridine rings is 1. The van der Waals surface area contributed by atoms with Crippen LogP contribution in [0, 0.1) is 6.92 Å². The number of fused-ring (bicyclic) bond motifs is 1. The van der Waals surface area contributed by atoms with Crippen LogP contribution in [0.25, 0.3) is 11.5 Å². The van der Waals surface area contributed by atoms with Gasteiger partial charge in [0, 0.05) is 18.8 Å². The Hall–Kier alpha value is -1.95. The summed E-state index contributed by atoms with van der Waals surface area (Å²) in [6.07, 6.45) is 0.980. The molecule has 0 aromatic carbocycles. The molecule has 18 heavy (non-hydrogen) atoms. The van der Waals surface area contributed by atoms with E-state index in [4.69, 9.17) is 5.73 Å². The Morgan fingerprint density at radius 3 is 3.11 bits per heavy atom. The Labute approximate surface area is 105 Å². The third-order valence-electron chi connectivity index (χ3n) is 3.13. The SMILES string of the molecule is Cc1cccc(-c2nc3n(n2)C(CN)CCN3)n1. The topological polar surface area (TPSA) is 81.7 Å². The maximum absolute atomic E-state index is 5.76. The minimum absolute atomic E-state index is 0.229. The summed E-state index contributed by atoms with van der Waals surface area (Å²) in [4.78, 5) is 8.92. The van der Waals surface area contributed by atoms with Crippen molar-refractivity contribution >= 4 is 5.95 Å². The van der Waals surface area contributed by atoms with Crippen LogP contribution in [0.2, 0.25) is 0 Å². The normalized spacial score (nSPS) is 18.2. The van der Waals surface area contributed by atoms with Crippen molar-refractivity contribution in [3.8, 4) is 11.5 Å². The summed E-state index contributed by atoms with van der Waals surface area (Å²) in [6.45, 7) is 3.43. The lowest BCUT2D eigenvalue weighted by atomic mass is 10.2. The second-order valence-electron chi connectivity index (χ2n) is 4.47. The molecule has 6 heteroatoms. The largest absolute Gasteiger partial charge is 0.354 e. The number of rotatable bonds is 2. The smallest absolute Gasteiger partial charge is 0.222 e. The number of nitrogens with one attached hydrogen (secondary N) is 1. The van der Waals surface area contributed by atoms with Gasteiger partial charge in [-0.3, -0.25) is 0 Å². The van der Waals surface area contributed by atoms with Gasteiger partial charge in [-0.1, -0.05) is 6.07 Å². The maximum Gasteiger partial charge on any atom is 0.222 e. The average Bonchev–Trinajstić information content (AvgIpc) is 2.82. The van der Waals surface area contributed by atoms with Gasteiger partial charge in [0.05, 0.1) is 6.04 Å². The van der Waals surface area contributed by atoms with E-state index in [-0.39, 0.29) is 6.04 Å². The van der Waals surface area contributed by atoms with E-state index in [0.717, 1.165) is 30.3 Å². The zero-order valence-corrected chi connectivity index (χ0v) is 10.3. The molecule has 6 nitrogen and oxygen atoms in total. The highest BCUT2D eigenvalue weighted by Crippen LogP contribution is 2.24. The van der Waals surface area contributed by atoms with E-state index in [0.29, 0.717) is 12.4 Å². The molecule has 1 aliphatic heterocycles. The monoisotopic (exact) mass is 244 g/mol. The number of anilines is 1. The molecule has 0 saturated heterocycles. The van der Waals surface area contributed by atoms with Gasteiger partial charge in [0.1, 0.15) is 5.69 Å². The molecule has 3 heterocycles. The van der Waals surface area contributed by atoms with Crippen LogP contribution in [0.4, 0.5) is 5.95 Å². The predicted molar refractivity (Wildman–Crippen MR) is 69.2 cm³/mol. The van der Waals surface area contributed by atoms with Gasteiger partial charge in [0.2, 0.25) is 11.8 Å². The fourth-order valence-corrected chi connectivity index (χ4v) is 2.17. The third-order valence-corrected chi connectivity index (χ3v) is 3.13. The lowest BCUT2D eigenvalue weighted by Crippen LogP contribution is -2.29. The van der Waals surface area contributed by atoms with Crippen LogP contribution >= 0.6 is 0 Å². The van der Waals surface area contributed by atoms with Crippen molar-refractivity contribution in [3.05, 3.63) is 23.9 Å². The highest BCUT2D eigenvalue weighted by Gasteiger charge is 2.22. The van der Waals surface area contributed by atoms with Crippen LogP contribution < -0.4 is 11.1 Å². The zero-order chi connectivity index (χ0) is 12.5. The fourth-order valence-electron chi connectivity index (χ4n) is 2.17. The average molecular weight is 244 g/mol. The van der Waals surface area contributed by atoms with Gasteiger partial charge in [0.15, 0.2) is 0 Å². The first-order chi connectivity index (χ1) is 8.78. The molecule has 1 aliphatic rings. The molecule has 0 bridgehead atoms. The number of nitrogens with zero attached hydrogens (tertiary/aromatic N) is 4. The quantitative estimate of drug-likeness (QED) is 0.822. The van der Waals surface area contributed by atoms with E-state index >= 15 is 0 Å². The molecule has 0 radical (unpaired) electrons. The molecule has 94 valence electrons. The minimum atomic E-state index is 0.229. The van der Waals surface area contributed by atoms with Crippen molar-refractivity contribution in [3.63, 3.8) is 0 Å². The molecule has 2 aromatic rings. The Bertz CT molecular complexity index is 561. The van der Waals surface area contributed by atoms with Crippen LogP contribution in [0.15, 0.2) is 18.2 Å². The van der Waals surface area contributed by atoms with Crippen molar-refractivity contribution in [2.24, 2.45) is 5.73 Å². The van der Waals surface area contributed by atoms with Crippen LogP contribution in [-0.4, -0.2) is 32.8 Å². The first-order valence-electron chi connectivity index (χ1n) is 6.12. The zero-order valence-electron chi connectivity index (χ0n) is 10.3. The summed E-state index contributed by atoms with van der Waals surface area (Å²) in [5.74, 6) is 1.44. The second-order valence-corrected chi connectivity index (χ2v) is 4.47. The molecule has 3 N–H and O–H groups in total. The maximum atomic E-state index is 5.76. The van der Waals surface area contributed by atoms with Crippen LogP contribution in [0.3, 0.4) is 0 Å². The Balaban J connectivity index is 2.02. The fraction of sp³-hybridized carbons (Fsp3) is 0.417. The van der Waals surface area contributed by atoms with E-state index in [2.05, 4.69) is 20.4 Å². The first kappa shape index (κ1) is 11.2. The highest BCUT2D eigenvalue weighted by molar-refractivity contribution is 5.51. The van der Waals surface area contributed by atoms with Gasteiger partial charge >= 0.3 is 0 Å². The third kappa shape index (κ3) is 1.84. The van der Waals surface area contributed by atoms with Gasteiger partial charge in [-0.15, -0.1) is 5.10 Å². The minimum Gasteiger partial charge on any atom is -0.354 e. The molecule has 0 saturated carbocycles. The molecule has 1 unspecified atom stereocenters. The van der Waals surface area contributed by atoms with Crippen molar-refractivity contribution in [2.45, 2.75) is 19.4 Å². The summed E-state index contributed by atoms with van der Waals surface area (Å²) in [5.41, 5.74) is 7.52. The molecule has 0 aliphatic carbocycles. The lowest BCUT2D eigenvalue weighted by Gasteiger charge is -2.22. The predicted octanol–water partition coefficient (Wildman–Crippen LogP) is 0.964. The number of aryl methyl sites for hydroxylation is 1. The second kappa shape index (κ2) is 4.38. The molecule has 0 fully saturated rings. The van der Waals surface area contributed by atoms with Gasteiger partial charge in [-0.25, -0.2) is 9.67 Å². The van der Waals surface area contributed by atoms with Gasteiger partial charge < -0.3 is 11.1 Å². The van der Waals surface area contributed by atoms with Gasteiger partial charge in [-0.2, -0.15) is 4.98 Å². The summed E-state index contributed by atoms with van der Waals surface area (Å²) < 4.78 is 1.88. The van der Waals surface area contributed by atoms with Crippen LogP contribution in [0.5, 0.6) is 0 Å². The summed E-state index contributed by atoms with van der Waals surface area (Å²) in [5, 5.41) is 7.75. The molecule has 0 amide bonds. The molecule has 1 atom stereocenters. The highest BCUT2D eigenvalue weighted by atomic mass is 15.4. The molecular formula is C12H16N6. The Morgan fingerprint density at radius 1 is 1.44 bits per heavy atom.